The molecular formula is C23H20ClN2OS+. The Hall–Kier alpha value is -2.82. The number of hydrogen-bond acceptors (Lipinski definition) is 2. The normalized spacial score (nSPS) is 11.5. The maximum atomic E-state index is 13.3. The van der Waals surface area contributed by atoms with Crippen LogP contribution < -0.4 is 9.88 Å². The van der Waals surface area contributed by atoms with Gasteiger partial charge in [0.05, 0.1) is 0 Å². The molecule has 1 unspecified atom stereocenters. The van der Waals surface area contributed by atoms with E-state index in [0.29, 0.717) is 22.1 Å². The highest BCUT2D eigenvalue weighted by molar-refractivity contribution is 7.80. The molecule has 0 radical (unpaired) electrons. The molecule has 1 aromatic heterocycles. The summed E-state index contributed by atoms with van der Waals surface area (Å²) in [5, 5.41) is 3.68. The minimum absolute atomic E-state index is 0.103. The fraction of sp³-hybridized carbons (Fsp3) is 0.0870. The molecule has 0 amide bonds. The lowest BCUT2D eigenvalue weighted by Crippen LogP contribution is -2.51. The number of Topliss-reactive ketones (excluding diaryl/α,β-unsaturated/α-hetero) is 1. The quantitative estimate of drug-likeness (QED) is 0.264. The van der Waals surface area contributed by atoms with Gasteiger partial charge in [0.2, 0.25) is 5.78 Å². The predicted molar refractivity (Wildman–Crippen MR) is 118 cm³/mol. The molecular weight excluding hydrogens is 388 g/mol. The van der Waals surface area contributed by atoms with E-state index >= 15 is 0 Å². The van der Waals surface area contributed by atoms with E-state index < -0.39 is 6.04 Å². The van der Waals surface area contributed by atoms with Crippen molar-refractivity contribution in [2.75, 3.05) is 6.54 Å². The summed E-state index contributed by atoms with van der Waals surface area (Å²) in [5.74, 6) is -0.103. The van der Waals surface area contributed by atoms with Crippen LogP contribution in [-0.2, 0) is 0 Å². The molecule has 0 spiro atoms. The summed E-state index contributed by atoms with van der Waals surface area (Å²) in [4.78, 5) is 13.7. The van der Waals surface area contributed by atoms with Crippen LogP contribution in [0.4, 0.5) is 0 Å². The number of nitrogens with one attached hydrogen (secondary N) is 1. The summed E-state index contributed by atoms with van der Waals surface area (Å²) in [6.45, 7) is 4.19. The lowest BCUT2D eigenvalue weighted by Gasteiger charge is -2.15. The van der Waals surface area contributed by atoms with Crippen LogP contribution in [0.25, 0.3) is 11.1 Å². The summed E-state index contributed by atoms with van der Waals surface area (Å²) < 4.78 is 1.84. The largest absolute Gasteiger partial charge is 0.370 e. The van der Waals surface area contributed by atoms with E-state index in [1.54, 1.807) is 30.3 Å². The predicted octanol–water partition coefficient (Wildman–Crippen LogP) is 4.82. The van der Waals surface area contributed by atoms with Gasteiger partial charge in [0.1, 0.15) is 0 Å². The second kappa shape index (κ2) is 9.40. The lowest BCUT2D eigenvalue weighted by molar-refractivity contribution is -0.691. The van der Waals surface area contributed by atoms with Crippen molar-refractivity contribution in [2.45, 2.75) is 6.04 Å². The molecule has 1 N–H and O–H groups in total. The van der Waals surface area contributed by atoms with Crippen molar-refractivity contribution in [1.29, 1.82) is 0 Å². The first kappa shape index (κ1) is 19.9. The number of thiocarbonyl (C=S) groups is 1. The highest BCUT2D eigenvalue weighted by Crippen LogP contribution is 2.19. The van der Waals surface area contributed by atoms with Gasteiger partial charge in [-0.2, -0.15) is 4.57 Å². The van der Waals surface area contributed by atoms with Gasteiger partial charge >= 0.3 is 0 Å². The number of benzene rings is 2. The molecule has 0 fully saturated rings. The molecule has 0 aliphatic rings. The van der Waals surface area contributed by atoms with Gasteiger partial charge in [-0.1, -0.05) is 60.2 Å². The van der Waals surface area contributed by atoms with Crippen molar-refractivity contribution in [1.82, 2.24) is 5.32 Å². The van der Waals surface area contributed by atoms with E-state index in [-0.39, 0.29) is 5.78 Å². The van der Waals surface area contributed by atoms with Crippen LogP contribution in [-0.4, -0.2) is 17.3 Å². The summed E-state index contributed by atoms with van der Waals surface area (Å²) in [6.07, 6.45) is 5.50. The first-order chi connectivity index (χ1) is 13.6. The van der Waals surface area contributed by atoms with Gasteiger partial charge in [0.15, 0.2) is 17.4 Å². The smallest absolute Gasteiger partial charge is 0.270 e. The first-order valence-electron chi connectivity index (χ1n) is 8.85. The van der Waals surface area contributed by atoms with Gasteiger partial charge < -0.3 is 5.32 Å². The molecule has 3 rings (SSSR count). The van der Waals surface area contributed by atoms with Crippen LogP contribution in [0.2, 0.25) is 5.02 Å². The molecule has 28 heavy (non-hydrogen) atoms. The number of carbonyl (C=O) groups is 1. The number of carbonyl (C=O) groups excluding carboxylic acids is 1. The van der Waals surface area contributed by atoms with Crippen LogP contribution in [0.15, 0.2) is 91.8 Å². The van der Waals surface area contributed by atoms with Gasteiger partial charge in [0.25, 0.3) is 6.04 Å². The van der Waals surface area contributed by atoms with Crippen LogP contribution in [0, 0.1) is 0 Å². The average Bonchev–Trinajstić information content (AvgIpc) is 2.73. The minimum atomic E-state index is -0.667. The highest BCUT2D eigenvalue weighted by Gasteiger charge is 2.33. The summed E-state index contributed by atoms with van der Waals surface area (Å²) in [7, 11) is 0. The molecule has 0 aliphatic heterocycles. The van der Waals surface area contributed by atoms with Gasteiger partial charge in [-0.05, 0) is 35.9 Å². The molecule has 0 bridgehead atoms. The van der Waals surface area contributed by atoms with E-state index in [2.05, 4.69) is 11.9 Å². The zero-order valence-electron chi connectivity index (χ0n) is 15.2. The van der Waals surface area contributed by atoms with Crippen molar-refractivity contribution >= 4 is 34.6 Å². The minimum Gasteiger partial charge on any atom is -0.370 e. The molecule has 3 aromatic rings. The van der Waals surface area contributed by atoms with Crippen LogP contribution in [0.3, 0.4) is 0 Å². The maximum Gasteiger partial charge on any atom is 0.270 e. The first-order valence-corrected chi connectivity index (χ1v) is 9.63. The molecule has 0 saturated heterocycles. The molecule has 3 nitrogen and oxygen atoms in total. The summed E-state index contributed by atoms with van der Waals surface area (Å²) in [6, 6.07) is 20.1. The van der Waals surface area contributed by atoms with Crippen LogP contribution >= 0.6 is 23.8 Å². The second-order valence-electron chi connectivity index (χ2n) is 6.21. The Morgan fingerprint density at radius 1 is 1.07 bits per heavy atom. The Balaban J connectivity index is 2.01. The molecule has 0 saturated carbocycles. The third-order valence-electron chi connectivity index (χ3n) is 4.27. The highest BCUT2D eigenvalue weighted by atomic mass is 35.5. The second-order valence-corrected chi connectivity index (χ2v) is 7.09. The van der Waals surface area contributed by atoms with E-state index in [0.717, 1.165) is 11.1 Å². The molecule has 2 aromatic carbocycles. The third kappa shape index (κ3) is 4.71. The Labute approximate surface area is 175 Å². The number of hydrogen-bond donors (Lipinski definition) is 1. The summed E-state index contributed by atoms with van der Waals surface area (Å²) >= 11 is 11.5. The van der Waals surface area contributed by atoms with Crippen molar-refractivity contribution in [3.05, 3.63) is 102 Å². The molecule has 0 aliphatic carbocycles. The standard InChI is InChI=1S/C23H19ClN2OS/c1-2-14-25-23(28)21(22(27)18-10-12-20(24)13-11-18)26-15-6-9-19(16-26)17-7-4-3-5-8-17/h2-13,15-16,21H,1,14H2/p+1. The Bertz CT molecular complexity index is 987. The SMILES string of the molecule is C=CCNC(=S)C(C(=O)c1ccc(Cl)cc1)[n+]1cccc(-c2ccccc2)c1. The van der Waals surface area contributed by atoms with Gasteiger partial charge in [-0.25, -0.2) is 0 Å². The van der Waals surface area contributed by atoms with Crippen molar-refractivity contribution < 1.29 is 9.36 Å². The Kier molecular flexibility index (Phi) is 6.69. The van der Waals surface area contributed by atoms with Crippen molar-refractivity contribution in [3.8, 4) is 11.1 Å². The summed E-state index contributed by atoms with van der Waals surface area (Å²) in [5.41, 5.74) is 2.62. The Morgan fingerprint density at radius 3 is 2.43 bits per heavy atom. The van der Waals surface area contributed by atoms with Crippen LogP contribution in [0.1, 0.15) is 16.4 Å². The number of rotatable bonds is 7. The number of ketones is 1. The fourth-order valence-electron chi connectivity index (χ4n) is 2.89. The van der Waals surface area contributed by atoms with E-state index in [1.807, 2.05) is 59.4 Å². The monoisotopic (exact) mass is 407 g/mol. The molecule has 140 valence electrons. The molecule has 1 heterocycles. The van der Waals surface area contributed by atoms with E-state index in [9.17, 15) is 4.79 Å². The maximum absolute atomic E-state index is 13.3. The van der Waals surface area contributed by atoms with Crippen molar-refractivity contribution in [2.24, 2.45) is 0 Å². The number of nitrogens with zero attached hydrogens (tertiary/aromatic N) is 1. The van der Waals surface area contributed by atoms with Crippen molar-refractivity contribution in [3.63, 3.8) is 0 Å². The average molecular weight is 408 g/mol. The number of pyridine rings is 1. The Morgan fingerprint density at radius 2 is 1.75 bits per heavy atom. The van der Waals surface area contributed by atoms with Gasteiger partial charge in [-0.15, -0.1) is 6.58 Å². The van der Waals surface area contributed by atoms with Gasteiger partial charge in [0, 0.05) is 28.8 Å². The topological polar surface area (TPSA) is 33.0 Å². The number of halogens is 1. The molecule has 1 atom stereocenters. The third-order valence-corrected chi connectivity index (χ3v) is 4.89. The lowest BCUT2D eigenvalue weighted by atomic mass is 10.0. The zero-order chi connectivity index (χ0) is 19.9. The van der Waals surface area contributed by atoms with Crippen LogP contribution in [0.5, 0.6) is 0 Å². The number of aromatic nitrogens is 1. The fourth-order valence-corrected chi connectivity index (χ4v) is 3.32. The van der Waals surface area contributed by atoms with Gasteiger partial charge in [-0.3, -0.25) is 4.79 Å². The van der Waals surface area contributed by atoms with E-state index in [4.69, 9.17) is 23.8 Å². The van der Waals surface area contributed by atoms with E-state index in [1.165, 1.54) is 0 Å². The molecule has 5 heteroatoms. The zero-order valence-corrected chi connectivity index (χ0v) is 16.8.